The Labute approximate surface area is 105 Å². The maximum absolute atomic E-state index is 13.1. The highest BCUT2D eigenvalue weighted by atomic mass is 19.2. The molecular formula is C14H14F2N2. The Kier molecular flexibility index (Phi) is 3.46. The summed E-state index contributed by atoms with van der Waals surface area (Å²) in [6, 6.07) is 11.3. The molecule has 2 aromatic rings. The zero-order chi connectivity index (χ0) is 13.1. The van der Waals surface area contributed by atoms with Crippen LogP contribution in [-0.2, 0) is 6.54 Å². The highest BCUT2D eigenvalue weighted by molar-refractivity contribution is 5.52. The highest BCUT2D eigenvalue weighted by Gasteiger charge is 2.05. The molecule has 0 amide bonds. The summed E-state index contributed by atoms with van der Waals surface area (Å²) in [4.78, 5) is 1.94. The third kappa shape index (κ3) is 2.77. The fraction of sp³-hybridized carbons (Fsp3) is 0.143. The molecule has 2 nitrogen and oxygen atoms in total. The first-order valence-electron chi connectivity index (χ1n) is 5.57. The lowest BCUT2D eigenvalue weighted by molar-refractivity contribution is 0.507. The molecule has 2 N–H and O–H groups in total. The topological polar surface area (TPSA) is 29.3 Å². The van der Waals surface area contributed by atoms with Crippen LogP contribution in [0, 0.1) is 11.6 Å². The molecule has 0 aromatic heterocycles. The van der Waals surface area contributed by atoms with Gasteiger partial charge in [0.25, 0.3) is 0 Å². The molecule has 0 aliphatic carbocycles. The predicted molar refractivity (Wildman–Crippen MR) is 69.3 cm³/mol. The molecule has 0 heterocycles. The van der Waals surface area contributed by atoms with E-state index in [1.807, 2.05) is 24.1 Å². The number of nitrogen functional groups attached to an aromatic ring is 1. The first-order chi connectivity index (χ1) is 8.56. The Bertz CT molecular complexity index is 538. The molecule has 0 spiro atoms. The lowest BCUT2D eigenvalue weighted by Crippen LogP contribution is -2.16. The maximum atomic E-state index is 13.1. The summed E-state index contributed by atoms with van der Waals surface area (Å²) in [6.45, 7) is 0.501. The van der Waals surface area contributed by atoms with Crippen LogP contribution in [-0.4, -0.2) is 7.05 Å². The molecule has 0 aliphatic heterocycles. The molecule has 2 rings (SSSR count). The largest absolute Gasteiger partial charge is 0.399 e. The normalized spacial score (nSPS) is 10.4. The number of anilines is 2. The number of hydrogen-bond donors (Lipinski definition) is 1. The number of rotatable bonds is 3. The molecule has 18 heavy (non-hydrogen) atoms. The van der Waals surface area contributed by atoms with E-state index in [9.17, 15) is 8.78 Å². The van der Waals surface area contributed by atoms with E-state index < -0.39 is 11.6 Å². The second kappa shape index (κ2) is 5.04. The molecule has 0 atom stereocenters. The molecule has 94 valence electrons. The summed E-state index contributed by atoms with van der Waals surface area (Å²) in [5.74, 6) is -1.65. The van der Waals surface area contributed by atoms with Crippen molar-refractivity contribution in [2.75, 3.05) is 17.7 Å². The van der Waals surface area contributed by atoms with E-state index >= 15 is 0 Å². The van der Waals surface area contributed by atoms with E-state index in [0.29, 0.717) is 17.8 Å². The van der Waals surface area contributed by atoms with Gasteiger partial charge in [-0.25, -0.2) is 8.78 Å². The first kappa shape index (κ1) is 12.4. The van der Waals surface area contributed by atoms with Gasteiger partial charge < -0.3 is 10.6 Å². The molecular weight excluding hydrogens is 234 g/mol. The Morgan fingerprint density at radius 3 is 2.28 bits per heavy atom. The molecule has 0 saturated heterocycles. The van der Waals surface area contributed by atoms with Gasteiger partial charge in [-0.3, -0.25) is 0 Å². The number of hydrogen-bond acceptors (Lipinski definition) is 2. The van der Waals surface area contributed by atoms with E-state index in [1.54, 1.807) is 18.2 Å². The Balaban J connectivity index is 2.13. The molecule has 0 unspecified atom stereocenters. The van der Waals surface area contributed by atoms with Crippen molar-refractivity contribution >= 4 is 11.4 Å². The van der Waals surface area contributed by atoms with Gasteiger partial charge in [-0.15, -0.1) is 0 Å². The van der Waals surface area contributed by atoms with Crippen LogP contribution in [0.3, 0.4) is 0 Å². The Morgan fingerprint density at radius 2 is 1.67 bits per heavy atom. The van der Waals surface area contributed by atoms with Crippen molar-refractivity contribution in [3.63, 3.8) is 0 Å². The predicted octanol–water partition coefficient (Wildman–Crippen LogP) is 3.18. The van der Waals surface area contributed by atoms with Crippen molar-refractivity contribution in [3.05, 3.63) is 59.7 Å². The molecule has 0 aliphatic rings. The second-order valence-electron chi connectivity index (χ2n) is 4.20. The molecule has 0 radical (unpaired) electrons. The van der Waals surface area contributed by atoms with Gasteiger partial charge in [-0.2, -0.15) is 0 Å². The summed E-state index contributed by atoms with van der Waals surface area (Å²) in [6.07, 6.45) is 0. The zero-order valence-corrected chi connectivity index (χ0v) is 10.0. The summed E-state index contributed by atoms with van der Waals surface area (Å²) in [7, 11) is 1.88. The standard InChI is InChI=1S/C14H14F2N2/c1-18(12-5-3-11(17)4-6-12)9-10-2-7-13(15)14(16)8-10/h2-8H,9,17H2,1H3. The smallest absolute Gasteiger partial charge is 0.159 e. The van der Waals surface area contributed by atoms with Crippen molar-refractivity contribution in [2.45, 2.75) is 6.54 Å². The Hall–Kier alpha value is -2.10. The third-order valence-electron chi connectivity index (χ3n) is 2.74. The van der Waals surface area contributed by atoms with Gasteiger partial charge in [-0.05, 0) is 42.0 Å². The van der Waals surface area contributed by atoms with E-state index in [1.165, 1.54) is 6.07 Å². The highest BCUT2D eigenvalue weighted by Crippen LogP contribution is 2.18. The summed E-state index contributed by atoms with van der Waals surface area (Å²) < 4.78 is 25.9. The van der Waals surface area contributed by atoms with Gasteiger partial charge in [0.05, 0.1) is 0 Å². The number of benzene rings is 2. The van der Waals surface area contributed by atoms with Crippen LogP contribution in [0.5, 0.6) is 0 Å². The summed E-state index contributed by atoms with van der Waals surface area (Å²) in [5, 5.41) is 0. The minimum absolute atomic E-state index is 0.501. The number of nitrogens with zero attached hydrogens (tertiary/aromatic N) is 1. The van der Waals surface area contributed by atoms with Crippen LogP contribution in [0.1, 0.15) is 5.56 Å². The van der Waals surface area contributed by atoms with Crippen LogP contribution in [0.15, 0.2) is 42.5 Å². The van der Waals surface area contributed by atoms with Crippen LogP contribution in [0.2, 0.25) is 0 Å². The van der Waals surface area contributed by atoms with Crippen molar-refractivity contribution in [1.82, 2.24) is 0 Å². The first-order valence-corrected chi connectivity index (χ1v) is 5.57. The average molecular weight is 248 g/mol. The molecule has 2 aromatic carbocycles. The second-order valence-corrected chi connectivity index (χ2v) is 4.20. The lowest BCUT2D eigenvalue weighted by atomic mass is 10.2. The minimum atomic E-state index is -0.825. The van der Waals surface area contributed by atoms with Crippen molar-refractivity contribution in [1.29, 1.82) is 0 Å². The number of halogens is 2. The lowest BCUT2D eigenvalue weighted by Gasteiger charge is -2.19. The number of nitrogens with two attached hydrogens (primary N) is 1. The van der Waals surface area contributed by atoms with Gasteiger partial charge in [0.2, 0.25) is 0 Å². The van der Waals surface area contributed by atoms with Crippen LogP contribution >= 0.6 is 0 Å². The van der Waals surface area contributed by atoms with Gasteiger partial charge in [0.1, 0.15) is 0 Å². The Morgan fingerprint density at radius 1 is 1.00 bits per heavy atom. The fourth-order valence-electron chi connectivity index (χ4n) is 1.73. The van der Waals surface area contributed by atoms with Crippen LogP contribution < -0.4 is 10.6 Å². The third-order valence-corrected chi connectivity index (χ3v) is 2.74. The summed E-state index contributed by atoms with van der Waals surface area (Å²) in [5.41, 5.74) is 7.98. The van der Waals surface area contributed by atoms with E-state index in [0.717, 1.165) is 11.8 Å². The maximum Gasteiger partial charge on any atom is 0.159 e. The van der Waals surface area contributed by atoms with Gasteiger partial charge in [0.15, 0.2) is 11.6 Å². The monoisotopic (exact) mass is 248 g/mol. The van der Waals surface area contributed by atoms with Crippen LogP contribution in [0.25, 0.3) is 0 Å². The van der Waals surface area contributed by atoms with E-state index in [4.69, 9.17) is 5.73 Å². The SMILES string of the molecule is CN(Cc1ccc(F)c(F)c1)c1ccc(N)cc1. The van der Waals surface area contributed by atoms with Crippen molar-refractivity contribution in [2.24, 2.45) is 0 Å². The van der Waals surface area contributed by atoms with Gasteiger partial charge >= 0.3 is 0 Å². The molecule has 0 saturated carbocycles. The van der Waals surface area contributed by atoms with Gasteiger partial charge in [-0.1, -0.05) is 6.07 Å². The average Bonchev–Trinajstić information content (AvgIpc) is 2.34. The molecule has 0 bridgehead atoms. The van der Waals surface area contributed by atoms with Crippen molar-refractivity contribution in [3.8, 4) is 0 Å². The quantitative estimate of drug-likeness (QED) is 0.845. The van der Waals surface area contributed by atoms with Crippen molar-refractivity contribution < 1.29 is 8.78 Å². The fourth-order valence-corrected chi connectivity index (χ4v) is 1.73. The van der Waals surface area contributed by atoms with Crippen LogP contribution in [0.4, 0.5) is 20.2 Å². The zero-order valence-electron chi connectivity index (χ0n) is 10.0. The van der Waals surface area contributed by atoms with E-state index in [2.05, 4.69) is 0 Å². The summed E-state index contributed by atoms with van der Waals surface area (Å²) >= 11 is 0. The van der Waals surface area contributed by atoms with Gasteiger partial charge in [0, 0.05) is 25.0 Å². The molecule has 0 fully saturated rings. The van der Waals surface area contributed by atoms with E-state index in [-0.39, 0.29) is 0 Å². The molecule has 4 heteroatoms. The minimum Gasteiger partial charge on any atom is -0.399 e.